The number of primary amides is 1. The number of H-pyrrole nitrogens is 1. The summed E-state index contributed by atoms with van der Waals surface area (Å²) in [4.78, 5) is 40.9. The van der Waals surface area contributed by atoms with Gasteiger partial charge in [-0.2, -0.15) is 0 Å². The fourth-order valence-corrected chi connectivity index (χ4v) is 4.29. The van der Waals surface area contributed by atoms with E-state index in [1.54, 1.807) is 11.0 Å². The zero-order valence-corrected chi connectivity index (χ0v) is 22.8. The van der Waals surface area contributed by atoms with Crippen molar-refractivity contribution in [1.29, 1.82) is 0 Å². The van der Waals surface area contributed by atoms with Crippen molar-refractivity contribution in [2.24, 2.45) is 11.5 Å². The summed E-state index contributed by atoms with van der Waals surface area (Å²) >= 11 is 0. The van der Waals surface area contributed by atoms with Gasteiger partial charge in [-0.05, 0) is 67.1 Å². The van der Waals surface area contributed by atoms with Crippen molar-refractivity contribution in [3.63, 3.8) is 0 Å². The number of carbonyl (C=O) groups excluding carboxylic acids is 2. The van der Waals surface area contributed by atoms with Crippen molar-refractivity contribution >= 4 is 34.4 Å². The Morgan fingerprint density at radius 1 is 1.05 bits per heavy atom. The van der Waals surface area contributed by atoms with Crippen LogP contribution in [0.1, 0.15) is 56.2 Å². The molecule has 2 aromatic carbocycles. The van der Waals surface area contributed by atoms with Crippen molar-refractivity contribution < 1.29 is 19.5 Å². The van der Waals surface area contributed by atoms with E-state index in [2.05, 4.69) is 44.5 Å². The lowest BCUT2D eigenvalue weighted by Gasteiger charge is -2.36. The Kier molecular flexibility index (Phi) is 8.96. The quantitative estimate of drug-likeness (QED) is 0.392. The number of nitrogens with one attached hydrogen (secondary N) is 1. The van der Waals surface area contributed by atoms with Gasteiger partial charge in [0.1, 0.15) is 5.69 Å². The topological polar surface area (TPSA) is 146 Å². The maximum absolute atomic E-state index is 12.3. The van der Waals surface area contributed by atoms with E-state index in [-0.39, 0.29) is 17.0 Å². The van der Waals surface area contributed by atoms with Crippen LogP contribution in [-0.4, -0.2) is 64.5 Å². The SMILES string of the molecule is CC(C)(C)c1ccc2[nH]c(C(=O)O)cc2c1.CC(C)N1CCN(c2ccc(CC(N)C(N)=O)cc2)C(=O)C1. The van der Waals surface area contributed by atoms with E-state index >= 15 is 0 Å². The van der Waals surface area contributed by atoms with E-state index in [1.807, 2.05) is 42.5 Å². The first-order valence-corrected chi connectivity index (χ1v) is 12.8. The minimum atomic E-state index is -0.923. The number of hydrogen-bond donors (Lipinski definition) is 4. The molecule has 0 radical (unpaired) electrons. The molecule has 0 spiro atoms. The second kappa shape index (κ2) is 11.8. The predicted molar refractivity (Wildman–Crippen MR) is 150 cm³/mol. The van der Waals surface area contributed by atoms with Gasteiger partial charge >= 0.3 is 5.97 Å². The Morgan fingerprint density at radius 3 is 2.24 bits per heavy atom. The molecule has 2 heterocycles. The van der Waals surface area contributed by atoms with Crippen molar-refractivity contribution in [2.75, 3.05) is 24.5 Å². The van der Waals surface area contributed by atoms with Gasteiger partial charge < -0.3 is 26.5 Å². The first-order valence-electron chi connectivity index (χ1n) is 12.8. The number of carbonyl (C=O) groups is 3. The number of carboxylic acids is 1. The van der Waals surface area contributed by atoms with Crippen molar-refractivity contribution in [3.05, 3.63) is 65.4 Å². The molecular weight excluding hydrogens is 482 g/mol. The summed E-state index contributed by atoms with van der Waals surface area (Å²) in [7, 11) is 0. The fraction of sp³-hybridized carbons (Fsp3) is 0.414. The smallest absolute Gasteiger partial charge is 0.352 e. The number of anilines is 1. The number of aromatic amines is 1. The molecule has 2 amide bonds. The molecule has 3 aromatic rings. The molecule has 38 heavy (non-hydrogen) atoms. The minimum absolute atomic E-state index is 0.0782. The van der Waals surface area contributed by atoms with Crippen LogP contribution in [0.15, 0.2) is 48.5 Å². The number of rotatable bonds is 6. The van der Waals surface area contributed by atoms with E-state index in [0.29, 0.717) is 25.6 Å². The number of benzene rings is 2. The molecule has 4 rings (SSSR count). The molecule has 6 N–H and O–H groups in total. The number of hydrogen-bond acceptors (Lipinski definition) is 5. The number of fused-ring (bicyclic) bond motifs is 1. The zero-order valence-electron chi connectivity index (χ0n) is 22.8. The second-order valence-electron chi connectivity index (χ2n) is 11.0. The van der Waals surface area contributed by atoms with E-state index in [0.717, 1.165) is 28.7 Å². The molecule has 1 unspecified atom stereocenters. The lowest BCUT2D eigenvalue weighted by atomic mass is 9.86. The summed E-state index contributed by atoms with van der Waals surface area (Å²) in [5.74, 6) is -1.32. The zero-order chi connectivity index (χ0) is 28.2. The van der Waals surface area contributed by atoms with Crippen LogP contribution in [0.4, 0.5) is 5.69 Å². The molecule has 0 saturated carbocycles. The van der Waals surface area contributed by atoms with Crippen molar-refractivity contribution in [1.82, 2.24) is 9.88 Å². The first kappa shape index (κ1) is 28.9. The summed E-state index contributed by atoms with van der Waals surface area (Å²) in [5.41, 5.74) is 15.0. The first-order chi connectivity index (χ1) is 17.8. The highest BCUT2D eigenvalue weighted by Gasteiger charge is 2.26. The number of nitrogens with two attached hydrogens (primary N) is 2. The third kappa shape index (κ3) is 7.20. The molecule has 1 aromatic heterocycles. The average Bonchev–Trinajstić information content (AvgIpc) is 3.28. The molecule has 9 nitrogen and oxygen atoms in total. The summed E-state index contributed by atoms with van der Waals surface area (Å²) in [6.07, 6.45) is 0.407. The molecule has 1 aliphatic rings. The van der Waals surface area contributed by atoms with Gasteiger partial charge in [-0.3, -0.25) is 14.5 Å². The van der Waals surface area contributed by atoms with Crippen LogP contribution < -0.4 is 16.4 Å². The van der Waals surface area contributed by atoms with Crippen molar-refractivity contribution in [2.45, 2.75) is 58.5 Å². The van der Waals surface area contributed by atoms with Crippen LogP contribution in [0.5, 0.6) is 0 Å². The van der Waals surface area contributed by atoms with E-state index in [4.69, 9.17) is 16.6 Å². The number of piperazine rings is 1. The Morgan fingerprint density at radius 2 is 1.71 bits per heavy atom. The Balaban J connectivity index is 0.000000221. The van der Waals surface area contributed by atoms with E-state index in [1.165, 1.54) is 5.56 Å². The summed E-state index contributed by atoms with van der Waals surface area (Å²) in [6.45, 7) is 12.6. The molecule has 0 aliphatic carbocycles. The number of nitrogens with zero attached hydrogens (tertiary/aromatic N) is 2. The molecule has 0 bridgehead atoms. The molecule has 1 fully saturated rings. The normalized spacial score (nSPS) is 15.3. The number of aromatic carboxylic acids is 1. The third-order valence-corrected chi connectivity index (χ3v) is 6.77. The van der Waals surface area contributed by atoms with Gasteiger partial charge in [0.25, 0.3) is 0 Å². The average molecular weight is 522 g/mol. The van der Waals surface area contributed by atoms with Gasteiger partial charge in [-0.15, -0.1) is 0 Å². The number of aromatic nitrogens is 1. The Hall–Kier alpha value is -3.69. The maximum Gasteiger partial charge on any atom is 0.352 e. The maximum atomic E-state index is 12.3. The van der Waals surface area contributed by atoms with Crippen LogP contribution in [0.3, 0.4) is 0 Å². The predicted octanol–water partition coefficient (Wildman–Crippen LogP) is 3.26. The monoisotopic (exact) mass is 521 g/mol. The molecule has 1 atom stereocenters. The summed E-state index contributed by atoms with van der Waals surface area (Å²) in [5, 5.41) is 9.83. The minimum Gasteiger partial charge on any atom is -0.477 e. The van der Waals surface area contributed by atoms with Gasteiger partial charge in [0, 0.05) is 35.7 Å². The highest BCUT2D eigenvalue weighted by molar-refractivity contribution is 5.95. The highest BCUT2D eigenvalue weighted by Crippen LogP contribution is 2.26. The van der Waals surface area contributed by atoms with Gasteiger partial charge in [0.15, 0.2) is 0 Å². The molecular formula is C29H39N5O4. The second-order valence-corrected chi connectivity index (χ2v) is 11.0. The van der Waals surface area contributed by atoms with Crippen LogP contribution >= 0.6 is 0 Å². The molecule has 9 heteroatoms. The summed E-state index contributed by atoms with van der Waals surface area (Å²) < 4.78 is 0. The van der Waals surface area contributed by atoms with Crippen molar-refractivity contribution in [3.8, 4) is 0 Å². The number of carboxylic acid groups (broad SMARTS) is 1. The lowest BCUT2D eigenvalue weighted by molar-refractivity contribution is -0.122. The standard InChI is InChI=1S/C16H24N4O2.C13H15NO2/c1-11(2)19-7-8-20(15(21)10-19)13-5-3-12(4-6-13)9-14(17)16(18)22;1-13(2,3)9-4-5-10-8(6-9)7-11(14-10)12(15)16/h3-6,11,14H,7-10,17H2,1-2H3,(H2,18,22);4-7,14H,1-3H3,(H,15,16). The fourth-order valence-electron chi connectivity index (χ4n) is 4.29. The van der Waals surface area contributed by atoms with Gasteiger partial charge in [-0.25, -0.2) is 4.79 Å². The molecule has 204 valence electrons. The molecule has 1 saturated heterocycles. The van der Waals surface area contributed by atoms with Gasteiger partial charge in [0.2, 0.25) is 11.8 Å². The van der Waals surface area contributed by atoms with E-state index < -0.39 is 17.9 Å². The van der Waals surface area contributed by atoms with Crippen LogP contribution in [-0.2, 0) is 21.4 Å². The lowest BCUT2D eigenvalue weighted by Crippen LogP contribution is -2.52. The van der Waals surface area contributed by atoms with Gasteiger partial charge in [-0.1, -0.05) is 39.0 Å². The number of amides is 2. The largest absolute Gasteiger partial charge is 0.477 e. The third-order valence-electron chi connectivity index (χ3n) is 6.77. The summed E-state index contributed by atoms with van der Waals surface area (Å²) in [6, 6.07) is 14.9. The van der Waals surface area contributed by atoms with Crippen LogP contribution in [0, 0.1) is 0 Å². The van der Waals surface area contributed by atoms with Crippen LogP contribution in [0.25, 0.3) is 10.9 Å². The Labute approximate surface area is 223 Å². The van der Waals surface area contributed by atoms with Crippen LogP contribution in [0.2, 0.25) is 0 Å². The van der Waals surface area contributed by atoms with E-state index in [9.17, 15) is 14.4 Å². The molecule has 1 aliphatic heterocycles. The highest BCUT2D eigenvalue weighted by atomic mass is 16.4. The van der Waals surface area contributed by atoms with Gasteiger partial charge in [0.05, 0.1) is 12.6 Å². The Bertz CT molecular complexity index is 1290.